The standard InChI is InChI=1S/C23H23BrN2O4S/c1-15-5-4-6-16(2)23(15)26-31(28,29)20-10-7-18(8-11-20)25-22(27)14-30-19-9-12-21(24)17(3)13-19/h4-13,26H,14H2,1-3H3,(H,25,27). The Bertz CT molecular complexity index is 1190. The van der Waals surface area contributed by atoms with Crippen molar-refractivity contribution in [1.82, 2.24) is 0 Å². The minimum Gasteiger partial charge on any atom is -0.484 e. The second kappa shape index (κ2) is 9.53. The molecule has 3 aromatic carbocycles. The van der Waals surface area contributed by atoms with E-state index in [1.165, 1.54) is 12.1 Å². The van der Waals surface area contributed by atoms with Crippen molar-refractivity contribution in [2.45, 2.75) is 25.7 Å². The number of carbonyl (C=O) groups is 1. The number of ether oxygens (including phenoxy) is 1. The average Bonchev–Trinajstić information content (AvgIpc) is 2.72. The van der Waals surface area contributed by atoms with Crippen LogP contribution in [0.4, 0.5) is 11.4 Å². The van der Waals surface area contributed by atoms with Gasteiger partial charge in [0.05, 0.1) is 10.6 Å². The van der Waals surface area contributed by atoms with Gasteiger partial charge in [-0.1, -0.05) is 34.1 Å². The van der Waals surface area contributed by atoms with Crippen molar-refractivity contribution >= 4 is 43.2 Å². The maximum Gasteiger partial charge on any atom is 0.262 e. The Morgan fingerprint density at radius 1 is 0.935 bits per heavy atom. The summed E-state index contributed by atoms with van der Waals surface area (Å²) in [4.78, 5) is 12.3. The molecule has 0 saturated carbocycles. The van der Waals surface area contributed by atoms with Crippen LogP contribution in [0.2, 0.25) is 0 Å². The Morgan fingerprint density at radius 2 is 1.58 bits per heavy atom. The zero-order valence-electron chi connectivity index (χ0n) is 17.4. The third-order valence-corrected chi connectivity index (χ3v) is 6.92. The van der Waals surface area contributed by atoms with Crippen LogP contribution in [0.3, 0.4) is 0 Å². The number of benzene rings is 3. The molecule has 1 amide bonds. The fourth-order valence-corrected chi connectivity index (χ4v) is 4.39. The topological polar surface area (TPSA) is 84.5 Å². The third-order valence-electron chi connectivity index (χ3n) is 4.67. The lowest BCUT2D eigenvalue weighted by atomic mass is 10.1. The van der Waals surface area contributed by atoms with Crippen LogP contribution < -0.4 is 14.8 Å². The van der Waals surface area contributed by atoms with Crippen LogP contribution >= 0.6 is 15.9 Å². The maximum atomic E-state index is 12.7. The van der Waals surface area contributed by atoms with Crippen LogP contribution in [0.1, 0.15) is 16.7 Å². The molecule has 3 aromatic rings. The first-order chi connectivity index (χ1) is 14.7. The molecule has 3 rings (SSSR count). The lowest BCUT2D eigenvalue weighted by molar-refractivity contribution is -0.118. The van der Waals surface area contributed by atoms with Crippen molar-refractivity contribution in [1.29, 1.82) is 0 Å². The number of aryl methyl sites for hydroxylation is 3. The molecule has 162 valence electrons. The predicted octanol–water partition coefficient (Wildman–Crippen LogP) is 5.19. The molecule has 0 bridgehead atoms. The summed E-state index contributed by atoms with van der Waals surface area (Å²) in [6.45, 7) is 5.47. The number of halogens is 1. The molecule has 0 aliphatic rings. The van der Waals surface area contributed by atoms with E-state index in [9.17, 15) is 13.2 Å². The molecule has 0 atom stereocenters. The molecule has 8 heteroatoms. The van der Waals surface area contributed by atoms with Gasteiger partial charge in [-0.2, -0.15) is 0 Å². The third kappa shape index (κ3) is 5.86. The van der Waals surface area contributed by atoms with Crippen LogP contribution in [-0.2, 0) is 14.8 Å². The van der Waals surface area contributed by atoms with Crippen molar-refractivity contribution in [3.63, 3.8) is 0 Å². The summed E-state index contributed by atoms with van der Waals surface area (Å²) < 4.78 is 34.6. The summed E-state index contributed by atoms with van der Waals surface area (Å²) >= 11 is 3.42. The largest absolute Gasteiger partial charge is 0.484 e. The normalized spacial score (nSPS) is 11.1. The van der Waals surface area contributed by atoms with E-state index in [0.29, 0.717) is 17.1 Å². The van der Waals surface area contributed by atoms with E-state index in [4.69, 9.17) is 4.74 Å². The molecule has 2 N–H and O–H groups in total. The fraction of sp³-hybridized carbons (Fsp3) is 0.174. The van der Waals surface area contributed by atoms with E-state index in [1.54, 1.807) is 18.2 Å². The zero-order chi connectivity index (χ0) is 22.6. The minimum atomic E-state index is -3.75. The SMILES string of the molecule is Cc1cc(OCC(=O)Nc2ccc(S(=O)(=O)Nc3c(C)cccc3C)cc2)ccc1Br. The highest BCUT2D eigenvalue weighted by molar-refractivity contribution is 9.10. The maximum absolute atomic E-state index is 12.7. The molecule has 0 radical (unpaired) electrons. The van der Waals surface area contributed by atoms with Gasteiger partial charge in [0, 0.05) is 10.2 Å². The van der Waals surface area contributed by atoms with Gasteiger partial charge in [-0.05, 0) is 79.9 Å². The molecule has 0 heterocycles. The van der Waals surface area contributed by atoms with Gasteiger partial charge < -0.3 is 10.1 Å². The lowest BCUT2D eigenvalue weighted by Gasteiger charge is -2.13. The smallest absolute Gasteiger partial charge is 0.262 e. The zero-order valence-corrected chi connectivity index (χ0v) is 19.8. The summed E-state index contributed by atoms with van der Waals surface area (Å²) in [5.74, 6) is 0.250. The predicted molar refractivity (Wildman–Crippen MR) is 126 cm³/mol. The summed E-state index contributed by atoms with van der Waals surface area (Å²) in [5, 5.41) is 2.70. The number of para-hydroxylation sites is 1. The van der Waals surface area contributed by atoms with Gasteiger partial charge in [0.2, 0.25) is 0 Å². The molecule has 0 unspecified atom stereocenters. The van der Waals surface area contributed by atoms with E-state index in [-0.39, 0.29) is 17.4 Å². The molecule has 0 saturated heterocycles. The number of amides is 1. The van der Waals surface area contributed by atoms with Gasteiger partial charge in [-0.3, -0.25) is 9.52 Å². The molecular formula is C23H23BrN2O4S. The molecule has 0 spiro atoms. The van der Waals surface area contributed by atoms with Gasteiger partial charge in [-0.15, -0.1) is 0 Å². The van der Waals surface area contributed by atoms with Gasteiger partial charge in [0.1, 0.15) is 5.75 Å². The number of sulfonamides is 1. The molecule has 0 aromatic heterocycles. The molecule has 0 aliphatic carbocycles. The van der Waals surface area contributed by atoms with Gasteiger partial charge in [-0.25, -0.2) is 8.42 Å². The number of carbonyl (C=O) groups excluding carboxylic acids is 1. The van der Waals surface area contributed by atoms with Crippen molar-refractivity contribution in [3.05, 3.63) is 81.8 Å². The lowest BCUT2D eigenvalue weighted by Crippen LogP contribution is -2.20. The first-order valence-corrected chi connectivity index (χ1v) is 11.8. The van der Waals surface area contributed by atoms with Gasteiger partial charge in [0.25, 0.3) is 15.9 Å². The summed E-state index contributed by atoms with van der Waals surface area (Å²) in [5.41, 5.74) is 3.73. The van der Waals surface area contributed by atoms with E-state index in [0.717, 1.165) is 21.2 Å². The van der Waals surface area contributed by atoms with Crippen molar-refractivity contribution in [2.75, 3.05) is 16.6 Å². The van der Waals surface area contributed by atoms with Crippen LogP contribution in [-0.4, -0.2) is 20.9 Å². The van der Waals surface area contributed by atoms with Crippen molar-refractivity contribution in [3.8, 4) is 5.75 Å². The Balaban J connectivity index is 1.62. The van der Waals surface area contributed by atoms with E-state index in [2.05, 4.69) is 26.0 Å². The number of hydrogen-bond donors (Lipinski definition) is 2. The second-order valence-electron chi connectivity index (χ2n) is 7.14. The van der Waals surface area contributed by atoms with Gasteiger partial charge in [0.15, 0.2) is 6.61 Å². The second-order valence-corrected chi connectivity index (χ2v) is 9.68. The number of nitrogens with one attached hydrogen (secondary N) is 2. The van der Waals surface area contributed by atoms with Crippen LogP contribution in [0, 0.1) is 20.8 Å². The van der Waals surface area contributed by atoms with Crippen LogP contribution in [0.25, 0.3) is 0 Å². The first-order valence-electron chi connectivity index (χ1n) is 9.53. The molecule has 0 aliphatic heterocycles. The first kappa shape index (κ1) is 22.8. The monoisotopic (exact) mass is 502 g/mol. The van der Waals surface area contributed by atoms with E-state index < -0.39 is 10.0 Å². The highest BCUT2D eigenvalue weighted by Gasteiger charge is 2.16. The highest BCUT2D eigenvalue weighted by Crippen LogP contribution is 2.24. The number of rotatable bonds is 7. The Kier molecular flexibility index (Phi) is 7.02. The molecular weight excluding hydrogens is 480 g/mol. The van der Waals surface area contributed by atoms with Gasteiger partial charge >= 0.3 is 0 Å². The number of anilines is 2. The molecule has 6 nitrogen and oxygen atoms in total. The minimum absolute atomic E-state index is 0.106. The molecule has 0 fully saturated rings. The van der Waals surface area contributed by atoms with E-state index >= 15 is 0 Å². The highest BCUT2D eigenvalue weighted by atomic mass is 79.9. The Hall–Kier alpha value is -2.84. The van der Waals surface area contributed by atoms with Crippen LogP contribution in [0.5, 0.6) is 5.75 Å². The fourth-order valence-electron chi connectivity index (χ4n) is 2.94. The molecule has 31 heavy (non-hydrogen) atoms. The van der Waals surface area contributed by atoms with Crippen LogP contribution in [0.15, 0.2) is 70.0 Å². The number of hydrogen-bond acceptors (Lipinski definition) is 4. The van der Waals surface area contributed by atoms with E-state index in [1.807, 2.05) is 51.1 Å². The average molecular weight is 503 g/mol. The quantitative estimate of drug-likeness (QED) is 0.465. The Labute approximate surface area is 190 Å². The van der Waals surface area contributed by atoms with Crippen molar-refractivity contribution in [2.24, 2.45) is 0 Å². The Morgan fingerprint density at radius 3 is 2.19 bits per heavy atom. The summed E-state index contributed by atoms with van der Waals surface area (Å²) in [7, 11) is -3.75. The summed E-state index contributed by atoms with van der Waals surface area (Å²) in [6.07, 6.45) is 0. The summed E-state index contributed by atoms with van der Waals surface area (Å²) in [6, 6.07) is 17.0. The van der Waals surface area contributed by atoms with Crippen molar-refractivity contribution < 1.29 is 17.9 Å².